The van der Waals surface area contributed by atoms with E-state index in [2.05, 4.69) is 20.3 Å². The van der Waals surface area contributed by atoms with Gasteiger partial charge in [0, 0.05) is 30.4 Å². The van der Waals surface area contributed by atoms with E-state index in [1.165, 1.54) is 0 Å². The number of hydrogen-bond acceptors (Lipinski definition) is 6. The SMILES string of the molecule is O=C(NCc1nccnc1-c1cccs1)OCc1cccnc1. The number of ether oxygens (including phenoxy) is 1. The van der Waals surface area contributed by atoms with Crippen molar-refractivity contribution in [3.05, 3.63) is 65.7 Å². The van der Waals surface area contributed by atoms with Crippen LogP contribution in [0.1, 0.15) is 11.3 Å². The topological polar surface area (TPSA) is 77.0 Å². The minimum Gasteiger partial charge on any atom is -0.445 e. The minimum atomic E-state index is -0.503. The van der Waals surface area contributed by atoms with Crippen molar-refractivity contribution in [1.29, 1.82) is 0 Å². The highest BCUT2D eigenvalue weighted by molar-refractivity contribution is 7.13. The van der Waals surface area contributed by atoms with Crippen molar-refractivity contribution in [1.82, 2.24) is 20.3 Å². The third-order valence-corrected chi connectivity index (χ3v) is 3.90. The molecular weight excluding hydrogens is 312 g/mol. The first-order valence-corrected chi connectivity index (χ1v) is 7.84. The van der Waals surface area contributed by atoms with E-state index >= 15 is 0 Å². The fourth-order valence-corrected chi connectivity index (χ4v) is 2.70. The molecule has 0 aromatic carbocycles. The molecule has 1 amide bonds. The quantitative estimate of drug-likeness (QED) is 0.780. The molecule has 0 unspecified atom stereocenters. The van der Waals surface area contributed by atoms with Crippen LogP contribution < -0.4 is 5.32 Å². The molecule has 3 aromatic heterocycles. The zero-order chi connectivity index (χ0) is 15.9. The van der Waals surface area contributed by atoms with Crippen LogP contribution in [0.2, 0.25) is 0 Å². The summed E-state index contributed by atoms with van der Waals surface area (Å²) in [5.41, 5.74) is 2.31. The van der Waals surface area contributed by atoms with Crippen LogP contribution in [0.25, 0.3) is 10.6 Å². The number of thiophene rings is 1. The molecule has 3 heterocycles. The number of alkyl carbamates (subject to hydrolysis) is 1. The average molecular weight is 326 g/mol. The fraction of sp³-hybridized carbons (Fsp3) is 0.125. The highest BCUT2D eigenvalue weighted by Gasteiger charge is 2.10. The number of amides is 1. The summed E-state index contributed by atoms with van der Waals surface area (Å²) in [7, 11) is 0. The molecule has 0 aliphatic rings. The van der Waals surface area contributed by atoms with Crippen molar-refractivity contribution >= 4 is 17.4 Å². The van der Waals surface area contributed by atoms with Crippen LogP contribution in [0, 0.1) is 0 Å². The molecule has 3 aromatic rings. The maximum atomic E-state index is 11.8. The molecule has 7 heteroatoms. The summed E-state index contributed by atoms with van der Waals surface area (Å²) in [6.07, 6.45) is 6.07. The van der Waals surface area contributed by atoms with Gasteiger partial charge >= 0.3 is 6.09 Å². The number of rotatable bonds is 5. The Labute approximate surface area is 137 Å². The lowest BCUT2D eigenvalue weighted by Gasteiger charge is -2.08. The molecule has 0 bridgehead atoms. The van der Waals surface area contributed by atoms with E-state index in [9.17, 15) is 4.79 Å². The van der Waals surface area contributed by atoms with Crippen LogP contribution in [0.4, 0.5) is 4.79 Å². The first kappa shape index (κ1) is 15.1. The Bertz CT molecular complexity index is 763. The van der Waals surface area contributed by atoms with Crippen LogP contribution in [0.3, 0.4) is 0 Å². The van der Waals surface area contributed by atoms with Crippen LogP contribution in [0.5, 0.6) is 0 Å². The van der Waals surface area contributed by atoms with E-state index < -0.39 is 6.09 Å². The number of nitrogens with one attached hydrogen (secondary N) is 1. The molecule has 3 rings (SSSR count). The van der Waals surface area contributed by atoms with E-state index in [1.807, 2.05) is 23.6 Å². The van der Waals surface area contributed by atoms with Crippen molar-refractivity contribution in [2.45, 2.75) is 13.2 Å². The van der Waals surface area contributed by atoms with E-state index in [0.717, 1.165) is 16.1 Å². The Morgan fingerprint density at radius 2 is 2.09 bits per heavy atom. The summed E-state index contributed by atoms with van der Waals surface area (Å²) < 4.78 is 5.14. The zero-order valence-corrected chi connectivity index (χ0v) is 13.0. The summed E-state index contributed by atoms with van der Waals surface area (Å²) in [6.45, 7) is 0.435. The van der Waals surface area contributed by atoms with Gasteiger partial charge in [-0.15, -0.1) is 11.3 Å². The first-order valence-electron chi connectivity index (χ1n) is 6.96. The highest BCUT2D eigenvalue weighted by atomic mass is 32.1. The molecule has 0 atom stereocenters. The molecule has 116 valence electrons. The second kappa shape index (κ2) is 7.46. The molecule has 0 aliphatic carbocycles. The number of pyridine rings is 1. The predicted molar refractivity (Wildman–Crippen MR) is 86.6 cm³/mol. The second-order valence-corrected chi connectivity index (χ2v) is 5.57. The Hall–Kier alpha value is -2.80. The van der Waals surface area contributed by atoms with Gasteiger partial charge in [-0.2, -0.15) is 0 Å². The van der Waals surface area contributed by atoms with Gasteiger partial charge in [0.2, 0.25) is 0 Å². The maximum absolute atomic E-state index is 11.8. The van der Waals surface area contributed by atoms with Gasteiger partial charge in [0.1, 0.15) is 12.3 Å². The van der Waals surface area contributed by atoms with Gasteiger partial charge in [-0.3, -0.25) is 15.0 Å². The van der Waals surface area contributed by atoms with Gasteiger partial charge in [-0.1, -0.05) is 12.1 Å². The molecular formula is C16H14N4O2S. The Balaban J connectivity index is 1.57. The molecule has 0 radical (unpaired) electrons. The fourth-order valence-electron chi connectivity index (χ4n) is 1.95. The molecule has 6 nitrogen and oxygen atoms in total. The number of carbonyl (C=O) groups excluding carboxylic acids is 1. The minimum absolute atomic E-state index is 0.178. The summed E-state index contributed by atoms with van der Waals surface area (Å²) in [6, 6.07) is 7.56. The molecule has 1 N–H and O–H groups in total. The van der Waals surface area contributed by atoms with Crippen LogP contribution >= 0.6 is 11.3 Å². The molecule has 0 spiro atoms. The van der Waals surface area contributed by atoms with Gasteiger partial charge in [0.15, 0.2) is 0 Å². The molecule has 0 saturated heterocycles. The Morgan fingerprint density at radius 3 is 2.87 bits per heavy atom. The van der Waals surface area contributed by atoms with Gasteiger partial charge in [-0.05, 0) is 17.5 Å². The monoisotopic (exact) mass is 326 g/mol. The Morgan fingerprint density at radius 1 is 1.17 bits per heavy atom. The van der Waals surface area contributed by atoms with E-state index in [0.29, 0.717) is 5.69 Å². The van der Waals surface area contributed by atoms with E-state index in [4.69, 9.17) is 4.74 Å². The lowest BCUT2D eigenvalue weighted by molar-refractivity contribution is 0.139. The number of hydrogen-bond donors (Lipinski definition) is 1. The standard InChI is InChI=1S/C16H14N4O2S/c21-16(22-11-12-3-1-5-17-9-12)20-10-13-15(19-7-6-18-13)14-4-2-8-23-14/h1-9H,10-11H2,(H,20,21). The number of aromatic nitrogens is 3. The Kier molecular flexibility index (Phi) is 4.90. The smallest absolute Gasteiger partial charge is 0.407 e. The summed E-state index contributed by atoms with van der Waals surface area (Å²) in [5.74, 6) is 0. The first-order chi connectivity index (χ1) is 11.3. The predicted octanol–water partition coefficient (Wildman–Crippen LogP) is 3.03. The number of carbonyl (C=O) groups is 1. The zero-order valence-electron chi connectivity index (χ0n) is 12.2. The van der Waals surface area contributed by atoms with Crippen molar-refractivity contribution < 1.29 is 9.53 Å². The van der Waals surface area contributed by atoms with Crippen molar-refractivity contribution in [2.75, 3.05) is 0 Å². The average Bonchev–Trinajstić information content (AvgIpc) is 3.14. The second-order valence-electron chi connectivity index (χ2n) is 4.62. The maximum Gasteiger partial charge on any atom is 0.407 e. The van der Waals surface area contributed by atoms with Crippen LogP contribution in [0.15, 0.2) is 54.4 Å². The summed E-state index contributed by atoms with van der Waals surface area (Å²) in [4.78, 5) is 25.4. The molecule has 0 saturated carbocycles. The highest BCUT2D eigenvalue weighted by Crippen LogP contribution is 2.24. The largest absolute Gasteiger partial charge is 0.445 e. The third-order valence-electron chi connectivity index (χ3n) is 3.02. The van der Waals surface area contributed by atoms with Gasteiger partial charge in [0.25, 0.3) is 0 Å². The molecule has 0 fully saturated rings. The van der Waals surface area contributed by atoms with Crippen molar-refractivity contribution in [3.63, 3.8) is 0 Å². The summed E-state index contributed by atoms with van der Waals surface area (Å²) in [5, 5.41) is 4.67. The van der Waals surface area contributed by atoms with E-state index in [-0.39, 0.29) is 13.2 Å². The van der Waals surface area contributed by atoms with Crippen molar-refractivity contribution in [3.8, 4) is 10.6 Å². The normalized spacial score (nSPS) is 10.3. The lowest BCUT2D eigenvalue weighted by Crippen LogP contribution is -2.24. The third kappa shape index (κ3) is 4.10. The molecule has 0 aliphatic heterocycles. The van der Waals surface area contributed by atoms with Gasteiger partial charge < -0.3 is 10.1 Å². The van der Waals surface area contributed by atoms with Gasteiger partial charge in [0.05, 0.1) is 17.1 Å². The van der Waals surface area contributed by atoms with Gasteiger partial charge in [-0.25, -0.2) is 4.79 Å². The summed E-state index contributed by atoms with van der Waals surface area (Å²) >= 11 is 1.58. The van der Waals surface area contributed by atoms with Crippen LogP contribution in [-0.4, -0.2) is 21.0 Å². The van der Waals surface area contributed by atoms with E-state index in [1.54, 1.807) is 42.2 Å². The number of nitrogens with zero attached hydrogens (tertiary/aromatic N) is 3. The van der Waals surface area contributed by atoms with Crippen molar-refractivity contribution in [2.24, 2.45) is 0 Å². The molecule has 23 heavy (non-hydrogen) atoms. The lowest BCUT2D eigenvalue weighted by atomic mass is 10.2. The van der Waals surface area contributed by atoms with Crippen LogP contribution in [-0.2, 0) is 17.9 Å².